The second-order valence-electron chi connectivity index (χ2n) is 6.90. The predicted octanol–water partition coefficient (Wildman–Crippen LogP) is 5.87. The number of carbonyl (C=O) groups is 1. The smallest absolute Gasteiger partial charge is 0.335 e. The van der Waals surface area contributed by atoms with E-state index in [0.717, 1.165) is 30.8 Å². The summed E-state index contributed by atoms with van der Waals surface area (Å²) in [6, 6.07) is 23.0. The van der Waals surface area contributed by atoms with Crippen LogP contribution < -0.4 is 9.47 Å². The SMILES string of the molecule is O=C(O)c1ccc(OCCCCC2c3ccccc3Oc3ccccc32)cc1. The second kappa shape index (κ2) is 8.17. The molecular weight excluding hydrogens is 352 g/mol. The van der Waals surface area contributed by atoms with Crippen LogP contribution in [-0.4, -0.2) is 17.7 Å². The summed E-state index contributed by atoms with van der Waals surface area (Å²) in [5.41, 5.74) is 2.75. The van der Waals surface area contributed by atoms with Gasteiger partial charge in [-0.15, -0.1) is 0 Å². The monoisotopic (exact) mass is 374 g/mol. The Morgan fingerprint density at radius 1 is 0.857 bits per heavy atom. The predicted molar refractivity (Wildman–Crippen MR) is 108 cm³/mol. The van der Waals surface area contributed by atoms with Gasteiger partial charge in [-0.25, -0.2) is 4.79 Å². The molecular formula is C24H22O4. The number of fused-ring (bicyclic) bond motifs is 2. The van der Waals surface area contributed by atoms with Crippen LogP contribution in [0.25, 0.3) is 0 Å². The van der Waals surface area contributed by atoms with Gasteiger partial charge in [-0.3, -0.25) is 0 Å². The summed E-state index contributed by atoms with van der Waals surface area (Å²) in [6.45, 7) is 0.610. The minimum Gasteiger partial charge on any atom is -0.494 e. The van der Waals surface area contributed by atoms with Crippen LogP contribution in [0, 0.1) is 0 Å². The van der Waals surface area contributed by atoms with Crippen molar-refractivity contribution in [3.05, 3.63) is 89.5 Å². The largest absolute Gasteiger partial charge is 0.494 e. The number of rotatable bonds is 7. The zero-order valence-corrected chi connectivity index (χ0v) is 15.5. The molecule has 0 aromatic heterocycles. The number of aromatic carboxylic acids is 1. The van der Waals surface area contributed by atoms with Crippen LogP contribution in [0.3, 0.4) is 0 Å². The molecule has 0 bridgehead atoms. The Balaban J connectivity index is 1.34. The van der Waals surface area contributed by atoms with Gasteiger partial charge in [-0.05, 0) is 55.7 Å². The van der Waals surface area contributed by atoms with Gasteiger partial charge in [0.25, 0.3) is 0 Å². The first-order valence-electron chi connectivity index (χ1n) is 9.54. The van der Waals surface area contributed by atoms with Crippen molar-refractivity contribution in [2.45, 2.75) is 25.2 Å². The molecule has 4 heteroatoms. The van der Waals surface area contributed by atoms with Crippen LogP contribution in [0.5, 0.6) is 17.2 Å². The van der Waals surface area contributed by atoms with Gasteiger partial charge in [-0.1, -0.05) is 36.4 Å². The third-order valence-electron chi connectivity index (χ3n) is 5.07. The lowest BCUT2D eigenvalue weighted by molar-refractivity contribution is 0.0697. The average molecular weight is 374 g/mol. The molecule has 3 aromatic rings. The van der Waals surface area contributed by atoms with Crippen molar-refractivity contribution in [3.8, 4) is 17.2 Å². The van der Waals surface area contributed by atoms with Crippen LogP contribution >= 0.6 is 0 Å². The van der Waals surface area contributed by atoms with Gasteiger partial charge in [0, 0.05) is 17.0 Å². The summed E-state index contributed by atoms with van der Waals surface area (Å²) in [5.74, 6) is 1.99. The van der Waals surface area contributed by atoms with E-state index in [9.17, 15) is 4.79 Å². The molecule has 0 spiro atoms. The van der Waals surface area contributed by atoms with Crippen LogP contribution in [0.2, 0.25) is 0 Å². The average Bonchev–Trinajstić information content (AvgIpc) is 2.73. The minimum absolute atomic E-state index is 0.268. The highest BCUT2D eigenvalue weighted by atomic mass is 16.5. The summed E-state index contributed by atoms with van der Waals surface area (Å²) >= 11 is 0. The molecule has 4 rings (SSSR count). The normalized spacial score (nSPS) is 12.6. The third kappa shape index (κ3) is 3.86. The maximum atomic E-state index is 10.9. The lowest BCUT2D eigenvalue weighted by atomic mass is 9.84. The minimum atomic E-state index is -0.927. The zero-order chi connectivity index (χ0) is 19.3. The van der Waals surface area contributed by atoms with Gasteiger partial charge in [0.2, 0.25) is 0 Å². The lowest BCUT2D eigenvalue weighted by Crippen LogP contribution is -2.10. The van der Waals surface area contributed by atoms with E-state index in [-0.39, 0.29) is 5.56 Å². The summed E-state index contributed by atoms with van der Waals surface area (Å²) in [7, 11) is 0. The van der Waals surface area contributed by atoms with Crippen molar-refractivity contribution in [2.75, 3.05) is 6.61 Å². The summed E-state index contributed by atoms with van der Waals surface area (Å²) in [5, 5.41) is 8.94. The number of hydrogen-bond donors (Lipinski definition) is 1. The van der Waals surface area contributed by atoms with Gasteiger partial charge in [0.05, 0.1) is 12.2 Å². The quantitative estimate of drug-likeness (QED) is 0.525. The first kappa shape index (κ1) is 18.1. The highest BCUT2D eigenvalue weighted by Crippen LogP contribution is 2.45. The van der Waals surface area contributed by atoms with E-state index < -0.39 is 5.97 Å². The molecule has 0 fully saturated rings. The number of benzene rings is 3. The molecule has 1 aliphatic rings. The van der Waals surface area contributed by atoms with Crippen molar-refractivity contribution < 1.29 is 19.4 Å². The molecule has 0 saturated heterocycles. The molecule has 0 unspecified atom stereocenters. The molecule has 0 radical (unpaired) electrons. The molecule has 0 amide bonds. The Hall–Kier alpha value is -3.27. The Morgan fingerprint density at radius 2 is 1.46 bits per heavy atom. The topological polar surface area (TPSA) is 55.8 Å². The number of carboxylic acid groups (broad SMARTS) is 1. The van der Waals surface area contributed by atoms with E-state index in [1.54, 1.807) is 24.3 Å². The molecule has 0 atom stereocenters. The van der Waals surface area contributed by atoms with E-state index in [2.05, 4.69) is 24.3 Å². The van der Waals surface area contributed by atoms with Crippen molar-refractivity contribution >= 4 is 5.97 Å². The Labute approximate surface area is 164 Å². The Bertz CT molecular complexity index is 917. The van der Waals surface area contributed by atoms with Crippen LogP contribution in [0.1, 0.15) is 46.7 Å². The molecule has 3 aromatic carbocycles. The lowest BCUT2D eigenvalue weighted by Gasteiger charge is -2.28. The number of para-hydroxylation sites is 2. The maximum Gasteiger partial charge on any atom is 0.335 e. The molecule has 1 N–H and O–H groups in total. The molecule has 0 saturated carbocycles. The maximum absolute atomic E-state index is 10.9. The van der Waals surface area contributed by atoms with Crippen molar-refractivity contribution in [1.29, 1.82) is 0 Å². The zero-order valence-electron chi connectivity index (χ0n) is 15.5. The van der Waals surface area contributed by atoms with Gasteiger partial charge in [0.15, 0.2) is 0 Å². The van der Waals surface area contributed by atoms with Crippen molar-refractivity contribution in [3.63, 3.8) is 0 Å². The van der Waals surface area contributed by atoms with E-state index in [1.807, 2.05) is 24.3 Å². The molecule has 1 heterocycles. The molecule has 28 heavy (non-hydrogen) atoms. The fourth-order valence-electron chi connectivity index (χ4n) is 3.65. The van der Waals surface area contributed by atoms with E-state index in [0.29, 0.717) is 18.3 Å². The van der Waals surface area contributed by atoms with Gasteiger partial charge >= 0.3 is 5.97 Å². The van der Waals surface area contributed by atoms with E-state index in [4.69, 9.17) is 14.6 Å². The fourth-order valence-corrected chi connectivity index (χ4v) is 3.65. The summed E-state index contributed by atoms with van der Waals surface area (Å²) < 4.78 is 11.8. The third-order valence-corrected chi connectivity index (χ3v) is 5.07. The first-order chi connectivity index (χ1) is 13.7. The van der Waals surface area contributed by atoms with Crippen molar-refractivity contribution in [1.82, 2.24) is 0 Å². The van der Waals surface area contributed by atoms with Crippen molar-refractivity contribution in [2.24, 2.45) is 0 Å². The molecule has 4 nitrogen and oxygen atoms in total. The van der Waals surface area contributed by atoms with Gasteiger partial charge in [-0.2, -0.15) is 0 Å². The summed E-state index contributed by atoms with van der Waals surface area (Å²) in [4.78, 5) is 10.9. The number of unbranched alkanes of at least 4 members (excludes halogenated alkanes) is 1. The number of ether oxygens (including phenoxy) is 2. The Kier molecular flexibility index (Phi) is 5.29. The van der Waals surface area contributed by atoms with Crippen LogP contribution in [0.4, 0.5) is 0 Å². The number of carboxylic acids is 1. The molecule has 1 aliphatic heterocycles. The summed E-state index contributed by atoms with van der Waals surface area (Å²) in [6.07, 6.45) is 2.99. The number of hydrogen-bond acceptors (Lipinski definition) is 3. The van der Waals surface area contributed by atoms with E-state index >= 15 is 0 Å². The molecule has 142 valence electrons. The van der Waals surface area contributed by atoms with Crippen LogP contribution in [-0.2, 0) is 0 Å². The van der Waals surface area contributed by atoms with E-state index in [1.165, 1.54) is 11.1 Å². The van der Waals surface area contributed by atoms with Crippen LogP contribution in [0.15, 0.2) is 72.8 Å². The highest BCUT2D eigenvalue weighted by molar-refractivity contribution is 5.87. The Morgan fingerprint density at radius 3 is 2.07 bits per heavy atom. The first-order valence-corrected chi connectivity index (χ1v) is 9.54. The fraction of sp³-hybridized carbons (Fsp3) is 0.208. The van der Waals surface area contributed by atoms with Gasteiger partial charge in [0.1, 0.15) is 17.2 Å². The molecule has 0 aliphatic carbocycles. The highest BCUT2D eigenvalue weighted by Gasteiger charge is 2.26. The second-order valence-corrected chi connectivity index (χ2v) is 6.90. The van der Waals surface area contributed by atoms with Gasteiger partial charge < -0.3 is 14.6 Å². The standard InChI is InChI=1S/C24H22O4/c25-24(26)17-12-14-18(15-13-17)27-16-6-5-7-19-20-8-1-3-10-22(20)28-23-11-4-2-9-21(19)23/h1-4,8-15,19H,5-7,16H2,(H,25,26).